The third-order valence-electron chi connectivity index (χ3n) is 4.75. The quantitative estimate of drug-likeness (QED) is 0.607. The molecule has 0 unspecified atom stereocenters. The van der Waals surface area contributed by atoms with Gasteiger partial charge in [0.05, 0.1) is 5.69 Å². The Balaban J connectivity index is 1.39. The van der Waals surface area contributed by atoms with Gasteiger partial charge in [0.25, 0.3) is 5.56 Å². The summed E-state index contributed by atoms with van der Waals surface area (Å²) in [5.41, 5.74) is 6.54. The number of hydrogen-bond donors (Lipinski definition) is 4. The average molecular weight is 356 g/mol. The molecule has 2 aliphatic rings. The molecule has 0 amide bonds. The molecule has 0 atom stereocenters. The van der Waals surface area contributed by atoms with E-state index in [1.54, 1.807) is 11.0 Å². The van der Waals surface area contributed by atoms with Crippen LogP contribution in [0.5, 0.6) is 0 Å². The zero-order valence-corrected chi connectivity index (χ0v) is 15.0. The summed E-state index contributed by atoms with van der Waals surface area (Å²) in [6.07, 6.45) is 4.15. The Morgan fingerprint density at radius 1 is 1.08 bits per heavy atom. The lowest BCUT2D eigenvalue weighted by Crippen LogP contribution is -2.35. The summed E-state index contributed by atoms with van der Waals surface area (Å²) in [6.45, 7) is 0. The molecule has 2 aromatic rings. The Morgan fingerprint density at radius 3 is 2.35 bits per heavy atom. The zero-order chi connectivity index (χ0) is 18.3. The highest BCUT2D eigenvalue weighted by molar-refractivity contribution is 5.52. The minimum atomic E-state index is -0.116. The lowest BCUT2D eigenvalue weighted by Gasteiger charge is -2.36. The predicted molar refractivity (Wildman–Crippen MR) is 102 cm³/mol. The number of nitrogens with one attached hydrogen (secondary N) is 3. The average Bonchev–Trinajstić information content (AvgIpc) is 3.33. The van der Waals surface area contributed by atoms with Crippen molar-refractivity contribution in [3.63, 3.8) is 0 Å². The number of aromatic amines is 1. The number of nitrogens with two attached hydrogens (primary N) is 1. The van der Waals surface area contributed by atoms with E-state index >= 15 is 0 Å². The van der Waals surface area contributed by atoms with Gasteiger partial charge in [-0.3, -0.25) is 9.78 Å². The Hall–Kier alpha value is -2.84. The highest BCUT2D eigenvalue weighted by Gasteiger charge is 2.32. The van der Waals surface area contributed by atoms with E-state index in [1.165, 1.54) is 12.8 Å². The summed E-state index contributed by atoms with van der Waals surface area (Å²) in [5.74, 6) is 2.63. The Morgan fingerprint density at radius 2 is 1.73 bits per heavy atom. The number of nitrogens with zero attached hydrogens (tertiary/aromatic N) is 4. The van der Waals surface area contributed by atoms with E-state index in [0.717, 1.165) is 30.2 Å². The topological polar surface area (TPSA) is 125 Å². The summed E-state index contributed by atoms with van der Waals surface area (Å²) in [7, 11) is 3.72. The number of hydrogen-bond acceptors (Lipinski definition) is 8. The molecule has 0 saturated heterocycles. The van der Waals surface area contributed by atoms with E-state index < -0.39 is 0 Å². The van der Waals surface area contributed by atoms with Crippen LogP contribution in [0, 0.1) is 0 Å². The summed E-state index contributed by atoms with van der Waals surface area (Å²) in [5, 5.41) is 6.75. The van der Waals surface area contributed by atoms with Gasteiger partial charge in [-0.2, -0.15) is 9.97 Å². The molecule has 9 heteroatoms. The zero-order valence-electron chi connectivity index (χ0n) is 15.0. The normalized spacial score (nSPS) is 21.8. The van der Waals surface area contributed by atoms with E-state index in [9.17, 15) is 4.79 Å². The third-order valence-corrected chi connectivity index (χ3v) is 4.75. The molecule has 2 aromatic heterocycles. The van der Waals surface area contributed by atoms with Gasteiger partial charge in [-0.05, 0) is 25.7 Å². The fourth-order valence-electron chi connectivity index (χ4n) is 3.12. The van der Waals surface area contributed by atoms with E-state index in [0.29, 0.717) is 12.0 Å². The van der Waals surface area contributed by atoms with Gasteiger partial charge >= 0.3 is 0 Å². The van der Waals surface area contributed by atoms with Crippen LogP contribution in [0.1, 0.15) is 37.3 Å². The third kappa shape index (κ3) is 3.71. The van der Waals surface area contributed by atoms with E-state index in [2.05, 4.69) is 30.6 Å². The van der Waals surface area contributed by atoms with Crippen LogP contribution >= 0.6 is 0 Å². The van der Waals surface area contributed by atoms with Crippen molar-refractivity contribution < 1.29 is 0 Å². The maximum Gasteiger partial charge on any atom is 0.252 e. The highest BCUT2D eigenvalue weighted by Crippen LogP contribution is 2.37. The molecule has 2 fully saturated rings. The van der Waals surface area contributed by atoms with E-state index in [4.69, 9.17) is 5.73 Å². The molecule has 26 heavy (non-hydrogen) atoms. The van der Waals surface area contributed by atoms with Crippen LogP contribution in [0.2, 0.25) is 0 Å². The van der Waals surface area contributed by atoms with Gasteiger partial charge in [0.15, 0.2) is 0 Å². The first-order chi connectivity index (χ1) is 12.5. The van der Waals surface area contributed by atoms with Crippen molar-refractivity contribution in [2.45, 2.75) is 43.7 Å². The van der Waals surface area contributed by atoms with Crippen molar-refractivity contribution in [1.29, 1.82) is 0 Å². The molecule has 2 aliphatic carbocycles. The van der Waals surface area contributed by atoms with Gasteiger partial charge in [0.1, 0.15) is 11.6 Å². The highest BCUT2D eigenvalue weighted by atomic mass is 16.1. The largest absolute Gasteiger partial charge is 0.368 e. The maximum absolute atomic E-state index is 11.8. The maximum atomic E-state index is 11.8. The first-order valence-electron chi connectivity index (χ1n) is 8.92. The lowest BCUT2D eigenvalue weighted by atomic mass is 9.78. The van der Waals surface area contributed by atoms with Crippen LogP contribution in [-0.4, -0.2) is 46.1 Å². The number of anilines is 4. The molecular formula is C17H24N8O. The first kappa shape index (κ1) is 16.6. The van der Waals surface area contributed by atoms with Gasteiger partial charge < -0.3 is 21.3 Å². The number of rotatable bonds is 6. The van der Waals surface area contributed by atoms with E-state index in [1.807, 2.05) is 20.2 Å². The number of H-pyrrole nitrogens is 1. The molecule has 0 radical (unpaired) electrons. The standard InChI is InChI=1S/C17H24N8O/c1-25(2)17-21-12(7-15(26)24-17)9-5-11(6-9)20-14-8-13(19-10-3-4-10)22-16(18)23-14/h7-11H,3-6H2,1-2H3,(H,21,24,26)(H4,18,19,20,22,23). The van der Waals surface area contributed by atoms with Crippen molar-refractivity contribution >= 4 is 23.5 Å². The van der Waals surface area contributed by atoms with Gasteiger partial charge in [0, 0.05) is 44.2 Å². The van der Waals surface area contributed by atoms with E-state index in [-0.39, 0.29) is 23.5 Å². The molecular weight excluding hydrogens is 332 g/mol. The van der Waals surface area contributed by atoms with Crippen LogP contribution in [0.25, 0.3) is 0 Å². The first-order valence-corrected chi connectivity index (χ1v) is 8.92. The summed E-state index contributed by atoms with van der Waals surface area (Å²) >= 11 is 0. The van der Waals surface area contributed by atoms with Crippen molar-refractivity contribution in [2.24, 2.45) is 0 Å². The second-order valence-corrected chi connectivity index (χ2v) is 7.31. The van der Waals surface area contributed by atoms with Crippen LogP contribution in [-0.2, 0) is 0 Å². The molecule has 138 valence electrons. The molecule has 5 N–H and O–H groups in total. The van der Waals surface area contributed by atoms with Gasteiger partial charge in [-0.1, -0.05) is 0 Å². The Kier molecular flexibility index (Phi) is 4.14. The van der Waals surface area contributed by atoms with Gasteiger partial charge in [-0.25, -0.2) is 4.98 Å². The van der Waals surface area contributed by atoms with Gasteiger partial charge in [-0.15, -0.1) is 0 Å². The van der Waals surface area contributed by atoms with Crippen molar-refractivity contribution in [1.82, 2.24) is 19.9 Å². The number of aromatic nitrogens is 4. The smallest absolute Gasteiger partial charge is 0.252 e. The van der Waals surface area contributed by atoms with Crippen LogP contribution in [0.4, 0.5) is 23.5 Å². The molecule has 2 heterocycles. The second kappa shape index (κ2) is 6.47. The summed E-state index contributed by atoms with van der Waals surface area (Å²) in [6, 6.07) is 4.29. The fourth-order valence-corrected chi connectivity index (χ4v) is 3.12. The molecule has 0 aliphatic heterocycles. The van der Waals surface area contributed by atoms with Crippen LogP contribution in [0.15, 0.2) is 16.9 Å². The van der Waals surface area contributed by atoms with Crippen molar-refractivity contribution in [3.8, 4) is 0 Å². The fraction of sp³-hybridized carbons (Fsp3) is 0.529. The molecule has 9 nitrogen and oxygen atoms in total. The van der Waals surface area contributed by atoms with Gasteiger partial charge in [0.2, 0.25) is 11.9 Å². The minimum Gasteiger partial charge on any atom is -0.368 e. The number of nitrogen functional groups attached to an aromatic ring is 1. The molecule has 0 aromatic carbocycles. The lowest BCUT2D eigenvalue weighted by molar-refractivity contribution is 0.366. The SMILES string of the molecule is CN(C)c1nc(C2CC(Nc3cc(NC4CC4)nc(N)n3)C2)cc(=O)[nH]1. The van der Waals surface area contributed by atoms with Crippen molar-refractivity contribution in [3.05, 3.63) is 28.2 Å². The second-order valence-electron chi connectivity index (χ2n) is 7.31. The Bertz CT molecular complexity index is 854. The molecule has 2 saturated carbocycles. The summed E-state index contributed by atoms with van der Waals surface area (Å²) in [4.78, 5) is 29.4. The monoisotopic (exact) mass is 356 g/mol. The Labute approximate surface area is 151 Å². The van der Waals surface area contributed by atoms with Crippen LogP contribution in [0.3, 0.4) is 0 Å². The molecule has 0 spiro atoms. The molecule has 4 rings (SSSR count). The molecule has 0 bridgehead atoms. The predicted octanol–water partition coefficient (Wildman–Crippen LogP) is 1.14. The van der Waals surface area contributed by atoms with Crippen molar-refractivity contribution in [2.75, 3.05) is 35.4 Å². The summed E-state index contributed by atoms with van der Waals surface area (Å²) < 4.78 is 0. The minimum absolute atomic E-state index is 0.116. The van der Waals surface area contributed by atoms with Crippen LogP contribution < -0.4 is 26.8 Å².